The Balaban J connectivity index is 1.99. The molecule has 0 aliphatic heterocycles. The average molecular weight is 241 g/mol. The summed E-state index contributed by atoms with van der Waals surface area (Å²) in [5.74, 6) is 0.965. The minimum absolute atomic E-state index is 0.220. The van der Waals surface area contributed by atoms with Gasteiger partial charge >= 0.3 is 0 Å². The summed E-state index contributed by atoms with van der Waals surface area (Å²) in [5, 5.41) is 7.32. The number of carbonyl (C=O) groups excluding carboxylic acids is 1. The first kappa shape index (κ1) is 11.4. The Hall–Kier alpha value is -1.08. The van der Waals surface area contributed by atoms with Gasteiger partial charge in [0.25, 0.3) is 0 Å². The van der Waals surface area contributed by atoms with Gasteiger partial charge in [-0.1, -0.05) is 11.8 Å². The lowest BCUT2D eigenvalue weighted by Gasteiger charge is -2.24. The van der Waals surface area contributed by atoms with Gasteiger partial charge in [-0.05, 0) is 25.7 Å². The lowest BCUT2D eigenvalue weighted by molar-refractivity contribution is -0.123. The number of rotatable bonds is 5. The second kappa shape index (κ2) is 4.06. The van der Waals surface area contributed by atoms with E-state index in [4.69, 9.17) is 11.5 Å². The number of hydrogen-bond acceptors (Lipinski definition) is 5. The Kier molecular flexibility index (Phi) is 2.90. The first-order valence-electron chi connectivity index (χ1n) is 5.13. The summed E-state index contributed by atoms with van der Waals surface area (Å²) in [5.41, 5.74) is 10.5. The van der Waals surface area contributed by atoms with Gasteiger partial charge in [-0.15, -0.1) is 5.10 Å². The third-order valence-corrected chi connectivity index (χ3v) is 3.84. The average Bonchev–Trinajstić information content (AvgIpc) is 2.99. The minimum atomic E-state index is -0.917. The van der Waals surface area contributed by atoms with Crippen LogP contribution in [0.2, 0.25) is 0 Å². The molecule has 1 saturated carbocycles. The van der Waals surface area contributed by atoms with Crippen molar-refractivity contribution in [3.63, 3.8) is 0 Å². The van der Waals surface area contributed by atoms with Crippen LogP contribution in [-0.2, 0) is 4.79 Å². The summed E-state index contributed by atoms with van der Waals surface area (Å²) >= 11 is 1.37. The topological polar surface area (TPSA) is 111 Å². The van der Waals surface area contributed by atoms with Crippen molar-refractivity contribution < 1.29 is 4.79 Å². The standard InChI is InChI=1S/C9H15N5OS/c1-5-12-8(14-13-5)16-4-9(11,7(10)15)6-2-3-6/h6H,2-4,11H2,1H3,(H2,10,15)(H,12,13,14). The number of aromatic amines is 1. The van der Waals surface area contributed by atoms with E-state index in [0.29, 0.717) is 10.9 Å². The van der Waals surface area contributed by atoms with Crippen molar-refractivity contribution in [2.45, 2.75) is 30.5 Å². The normalized spacial score (nSPS) is 19.4. The molecule has 1 aromatic heterocycles. The molecule has 1 amide bonds. The first-order chi connectivity index (χ1) is 7.52. The van der Waals surface area contributed by atoms with E-state index in [9.17, 15) is 4.79 Å². The highest BCUT2D eigenvalue weighted by Crippen LogP contribution is 2.40. The quantitative estimate of drug-likeness (QED) is 0.618. The molecule has 16 heavy (non-hydrogen) atoms. The summed E-state index contributed by atoms with van der Waals surface area (Å²) in [4.78, 5) is 15.5. The fourth-order valence-corrected chi connectivity index (χ4v) is 2.62. The van der Waals surface area contributed by atoms with E-state index in [2.05, 4.69) is 15.2 Å². The molecule has 88 valence electrons. The van der Waals surface area contributed by atoms with Crippen LogP contribution in [0.3, 0.4) is 0 Å². The van der Waals surface area contributed by atoms with Gasteiger partial charge in [0, 0.05) is 5.75 Å². The molecular formula is C9H15N5OS. The van der Waals surface area contributed by atoms with Crippen LogP contribution in [0.15, 0.2) is 5.16 Å². The number of thioether (sulfide) groups is 1. The molecule has 0 radical (unpaired) electrons. The van der Waals surface area contributed by atoms with E-state index >= 15 is 0 Å². The Morgan fingerprint density at radius 2 is 2.38 bits per heavy atom. The van der Waals surface area contributed by atoms with Crippen LogP contribution in [0.5, 0.6) is 0 Å². The van der Waals surface area contributed by atoms with Gasteiger partial charge in [-0.25, -0.2) is 4.98 Å². The molecule has 5 N–H and O–H groups in total. The molecule has 6 nitrogen and oxygen atoms in total. The smallest absolute Gasteiger partial charge is 0.238 e. The summed E-state index contributed by atoms with van der Waals surface area (Å²) in [6, 6.07) is 0. The fraction of sp³-hybridized carbons (Fsp3) is 0.667. The van der Waals surface area contributed by atoms with Gasteiger partial charge in [0.1, 0.15) is 11.4 Å². The number of carbonyl (C=O) groups is 1. The zero-order chi connectivity index (χ0) is 11.8. The number of H-pyrrole nitrogens is 1. The van der Waals surface area contributed by atoms with Crippen molar-refractivity contribution in [1.29, 1.82) is 0 Å². The SMILES string of the molecule is Cc1nc(SCC(N)(C(N)=O)C2CC2)n[nH]1. The highest BCUT2D eigenvalue weighted by molar-refractivity contribution is 7.99. The maximum Gasteiger partial charge on any atom is 0.238 e. The number of aromatic nitrogens is 3. The van der Waals surface area contributed by atoms with E-state index in [-0.39, 0.29) is 5.92 Å². The van der Waals surface area contributed by atoms with Crippen molar-refractivity contribution >= 4 is 17.7 Å². The number of hydrogen-bond donors (Lipinski definition) is 3. The Labute approximate surface area is 97.6 Å². The van der Waals surface area contributed by atoms with E-state index in [0.717, 1.165) is 18.7 Å². The number of amides is 1. The molecule has 7 heteroatoms. The zero-order valence-electron chi connectivity index (χ0n) is 9.06. The van der Waals surface area contributed by atoms with Gasteiger partial charge in [-0.3, -0.25) is 9.89 Å². The van der Waals surface area contributed by atoms with E-state index in [1.165, 1.54) is 11.8 Å². The second-order valence-electron chi connectivity index (χ2n) is 4.17. The van der Waals surface area contributed by atoms with Crippen molar-refractivity contribution in [2.75, 3.05) is 5.75 Å². The molecule has 1 aliphatic carbocycles. The van der Waals surface area contributed by atoms with E-state index in [1.807, 2.05) is 6.92 Å². The number of primary amides is 1. The number of nitrogens with two attached hydrogens (primary N) is 2. The molecule has 0 saturated heterocycles. The summed E-state index contributed by atoms with van der Waals surface area (Å²) in [6.45, 7) is 1.82. The molecule has 2 rings (SSSR count). The lowest BCUT2D eigenvalue weighted by atomic mass is 9.96. The molecule has 0 aromatic carbocycles. The highest BCUT2D eigenvalue weighted by atomic mass is 32.2. The molecular weight excluding hydrogens is 226 g/mol. The van der Waals surface area contributed by atoms with Gasteiger partial charge in [0.05, 0.1) is 0 Å². The summed E-state index contributed by atoms with van der Waals surface area (Å²) < 4.78 is 0. The predicted octanol–water partition coefficient (Wildman–Crippen LogP) is -0.202. The lowest BCUT2D eigenvalue weighted by Crippen LogP contribution is -2.56. The molecule has 1 unspecified atom stereocenters. The maximum atomic E-state index is 11.4. The number of nitrogens with zero attached hydrogens (tertiary/aromatic N) is 2. The largest absolute Gasteiger partial charge is 0.368 e. The molecule has 1 atom stereocenters. The van der Waals surface area contributed by atoms with Gasteiger partial charge in [0.15, 0.2) is 0 Å². The first-order valence-corrected chi connectivity index (χ1v) is 6.11. The van der Waals surface area contributed by atoms with E-state index < -0.39 is 11.4 Å². The number of nitrogens with one attached hydrogen (secondary N) is 1. The Morgan fingerprint density at radius 1 is 1.69 bits per heavy atom. The summed E-state index contributed by atoms with van der Waals surface area (Å²) in [7, 11) is 0. The van der Waals surface area contributed by atoms with Crippen molar-refractivity contribution in [2.24, 2.45) is 17.4 Å². The third-order valence-electron chi connectivity index (χ3n) is 2.78. The molecule has 1 heterocycles. The maximum absolute atomic E-state index is 11.4. The van der Waals surface area contributed by atoms with Crippen LogP contribution in [0, 0.1) is 12.8 Å². The Morgan fingerprint density at radius 3 is 2.81 bits per heavy atom. The van der Waals surface area contributed by atoms with E-state index in [1.54, 1.807) is 0 Å². The van der Waals surface area contributed by atoms with Crippen molar-refractivity contribution in [3.8, 4) is 0 Å². The molecule has 1 fully saturated rings. The molecule has 1 aromatic rings. The van der Waals surface area contributed by atoms with Gasteiger partial charge < -0.3 is 11.5 Å². The van der Waals surface area contributed by atoms with Gasteiger partial charge in [0.2, 0.25) is 11.1 Å². The van der Waals surface area contributed by atoms with Crippen LogP contribution in [0.1, 0.15) is 18.7 Å². The van der Waals surface area contributed by atoms with Gasteiger partial charge in [-0.2, -0.15) is 0 Å². The predicted molar refractivity (Wildman–Crippen MR) is 60.7 cm³/mol. The van der Waals surface area contributed by atoms with Crippen LogP contribution in [0.4, 0.5) is 0 Å². The van der Waals surface area contributed by atoms with Crippen LogP contribution in [0.25, 0.3) is 0 Å². The highest BCUT2D eigenvalue weighted by Gasteiger charge is 2.46. The third kappa shape index (κ3) is 2.19. The van der Waals surface area contributed by atoms with Crippen molar-refractivity contribution in [1.82, 2.24) is 15.2 Å². The molecule has 0 spiro atoms. The number of aryl methyl sites for hydroxylation is 1. The van der Waals surface area contributed by atoms with Crippen LogP contribution in [-0.4, -0.2) is 32.4 Å². The molecule has 0 bridgehead atoms. The van der Waals surface area contributed by atoms with Crippen molar-refractivity contribution in [3.05, 3.63) is 5.82 Å². The fourth-order valence-electron chi connectivity index (χ4n) is 1.56. The van der Waals surface area contributed by atoms with Crippen LogP contribution < -0.4 is 11.5 Å². The van der Waals surface area contributed by atoms with Crippen LogP contribution >= 0.6 is 11.8 Å². The second-order valence-corrected chi connectivity index (χ2v) is 5.11. The Bertz CT molecular complexity index is 402. The summed E-state index contributed by atoms with van der Waals surface area (Å²) in [6.07, 6.45) is 1.96. The zero-order valence-corrected chi connectivity index (χ0v) is 9.88. The molecule has 1 aliphatic rings. The minimum Gasteiger partial charge on any atom is -0.368 e. The monoisotopic (exact) mass is 241 g/mol.